The van der Waals surface area contributed by atoms with Crippen LogP contribution in [-0.4, -0.2) is 34.6 Å². The molecule has 0 aromatic carbocycles. The molecule has 0 bridgehead atoms. The second-order valence-electron chi connectivity index (χ2n) is 6.86. The highest BCUT2D eigenvalue weighted by atomic mass is 79.9. The molecule has 0 saturated carbocycles. The largest absolute Gasteiger partial charge is 0.370 e. The van der Waals surface area contributed by atoms with Gasteiger partial charge in [-0.15, -0.1) is 0 Å². The fourth-order valence-electron chi connectivity index (χ4n) is 3.92. The fraction of sp³-hybridized carbons (Fsp3) is 0.526. The summed E-state index contributed by atoms with van der Waals surface area (Å²) in [6, 6.07) is 4.51. The number of aryl methyl sites for hydroxylation is 1. The van der Waals surface area contributed by atoms with Crippen LogP contribution in [0.15, 0.2) is 23.1 Å². The lowest BCUT2D eigenvalue weighted by molar-refractivity contribution is 0.492. The van der Waals surface area contributed by atoms with Crippen LogP contribution in [0.4, 0.5) is 11.6 Å². The van der Waals surface area contributed by atoms with Gasteiger partial charge in [0.2, 0.25) is 0 Å². The van der Waals surface area contributed by atoms with E-state index in [2.05, 4.69) is 55.2 Å². The van der Waals surface area contributed by atoms with Crippen molar-refractivity contribution in [2.45, 2.75) is 44.9 Å². The number of aromatic nitrogens is 3. The van der Waals surface area contributed by atoms with Crippen molar-refractivity contribution in [2.75, 3.05) is 29.9 Å². The van der Waals surface area contributed by atoms with Gasteiger partial charge in [0.1, 0.15) is 22.6 Å². The van der Waals surface area contributed by atoms with E-state index in [0.717, 1.165) is 61.6 Å². The fourth-order valence-corrected chi connectivity index (χ4v) is 4.47. The predicted octanol–water partition coefficient (Wildman–Crippen LogP) is 3.94. The molecule has 0 unspecified atom stereocenters. The Morgan fingerprint density at radius 2 is 2.08 bits per heavy atom. The normalized spacial score (nSPS) is 17.9. The molecule has 1 fully saturated rings. The number of nitrogens with one attached hydrogen (secondary N) is 1. The SMILES string of the molecule is CCc1c(Br)ncnc1N1CCC(c2ccc3c(n2)NCCC3)CC1. The lowest BCUT2D eigenvalue weighted by atomic mass is 9.92. The smallest absolute Gasteiger partial charge is 0.136 e. The molecule has 4 rings (SSSR count). The summed E-state index contributed by atoms with van der Waals surface area (Å²) < 4.78 is 0.921. The average Bonchev–Trinajstić information content (AvgIpc) is 2.67. The second kappa shape index (κ2) is 7.28. The number of halogens is 1. The highest BCUT2D eigenvalue weighted by Crippen LogP contribution is 2.33. The lowest BCUT2D eigenvalue weighted by Crippen LogP contribution is -2.34. The first kappa shape index (κ1) is 16.8. The Kier molecular flexibility index (Phi) is 4.88. The van der Waals surface area contributed by atoms with E-state index in [1.807, 2.05) is 0 Å². The standard InChI is InChI=1S/C19H24BrN5/c1-2-15-17(20)22-12-23-19(15)25-10-7-13(8-11-25)16-6-5-14-4-3-9-21-18(14)24-16/h5-6,12-13H,2-4,7-11H2,1H3,(H,21,24). The number of pyridine rings is 1. The van der Waals surface area contributed by atoms with Gasteiger partial charge in [-0.2, -0.15) is 0 Å². The molecule has 132 valence electrons. The molecule has 0 radical (unpaired) electrons. The van der Waals surface area contributed by atoms with Gasteiger partial charge in [-0.3, -0.25) is 0 Å². The van der Waals surface area contributed by atoms with Crippen molar-refractivity contribution in [3.8, 4) is 0 Å². The number of hydrogen-bond acceptors (Lipinski definition) is 5. The molecule has 1 N–H and O–H groups in total. The summed E-state index contributed by atoms with van der Waals surface area (Å²) in [5, 5.41) is 3.45. The van der Waals surface area contributed by atoms with E-state index >= 15 is 0 Å². The molecule has 2 aliphatic heterocycles. The van der Waals surface area contributed by atoms with Crippen molar-refractivity contribution >= 4 is 27.6 Å². The van der Waals surface area contributed by atoms with Gasteiger partial charge in [0, 0.05) is 36.8 Å². The Hall–Kier alpha value is -1.69. The Labute approximate surface area is 157 Å². The maximum Gasteiger partial charge on any atom is 0.136 e. The summed E-state index contributed by atoms with van der Waals surface area (Å²) in [5.74, 6) is 2.74. The van der Waals surface area contributed by atoms with Crippen molar-refractivity contribution in [3.05, 3.63) is 39.9 Å². The van der Waals surface area contributed by atoms with Crippen LogP contribution in [-0.2, 0) is 12.8 Å². The molecule has 4 heterocycles. The first-order valence-electron chi connectivity index (χ1n) is 9.24. The number of nitrogens with zero attached hydrogens (tertiary/aromatic N) is 4. The monoisotopic (exact) mass is 401 g/mol. The highest BCUT2D eigenvalue weighted by molar-refractivity contribution is 9.10. The van der Waals surface area contributed by atoms with E-state index in [9.17, 15) is 0 Å². The van der Waals surface area contributed by atoms with Gasteiger partial charge in [-0.05, 0) is 59.7 Å². The number of anilines is 2. The molecule has 0 spiro atoms. The third kappa shape index (κ3) is 3.36. The molecule has 25 heavy (non-hydrogen) atoms. The predicted molar refractivity (Wildman–Crippen MR) is 104 cm³/mol. The van der Waals surface area contributed by atoms with Crippen LogP contribution >= 0.6 is 15.9 Å². The van der Waals surface area contributed by atoms with Gasteiger partial charge in [0.15, 0.2) is 0 Å². The van der Waals surface area contributed by atoms with Crippen molar-refractivity contribution in [2.24, 2.45) is 0 Å². The van der Waals surface area contributed by atoms with Crippen molar-refractivity contribution in [1.82, 2.24) is 15.0 Å². The van der Waals surface area contributed by atoms with Crippen LogP contribution in [0.5, 0.6) is 0 Å². The zero-order valence-electron chi connectivity index (χ0n) is 14.6. The zero-order valence-corrected chi connectivity index (χ0v) is 16.2. The first-order valence-corrected chi connectivity index (χ1v) is 10.0. The van der Waals surface area contributed by atoms with Crippen LogP contribution < -0.4 is 10.2 Å². The molecule has 6 heteroatoms. The summed E-state index contributed by atoms with van der Waals surface area (Å²) in [6.07, 6.45) is 7.19. The molecule has 2 aromatic rings. The summed E-state index contributed by atoms with van der Waals surface area (Å²) in [5.41, 5.74) is 3.82. The van der Waals surface area contributed by atoms with E-state index < -0.39 is 0 Å². The van der Waals surface area contributed by atoms with Crippen molar-refractivity contribution < 1.29 is 0 Å². The van der Waals surface area contributed by atoms with Gasteiger partial charge >= 0.3 is 0 Å². The van der Waals surface area contributed by atoms with Gasteiger partial charge in [0.25, 0.3) is 0 Å². The van der Waals surface area contributed by atoms with Crippen LogP contribution in [0, 0.1) is 0 Å². The number of hydrogen-bond donors (Lipinski definition) is 1. The minimum atomic E-state index is 0.542. The van der Waals surface area contributed by atoms with E-state index in [1.165, 1.54) is 23.2 Å². The number of fused-ring (bicyclic) bond motifs is 1. The van der Waals surface area contributed by atoms with E-state index in [1.54, 1.807) is 6.33 Å². The first-order chi connectivity index (χ1) is 12.3. The van der Waals surface area contributed by atoms with Gasteiger partial charge in [-0.25, -0.2) is 15.0 Å². The molecule has 1 saturated heterocycles. The Morgan fingerprint density at radius 1 is 1.24 bits per heavy atom. The van der Waals surface area contributed by atoms with Crippen molar-refractivity contribution in [3.63, 3.8) is 0 Å². The number of rotatable bonds is 3. The molecule has 0 atom stereocenters. The quantitative estimate of drug-likeness (QED) is 0.789. The van der Waals surface area contributed by atoms with Gasteiger partial charge in [-0.1, -0.05) is 13.0 Å². The minimum Gasteiger partial charge on any atom is -0.370 e. The van der Waals surface area contributed by atoms with Gasteiger partial charge < -0.3 is 10.2 Å². The van der Waals surface area contributed by atoms with E-state index in [4.69, 9.17) is 4.98 Å². The average molecular weight is 402 g/mol. The molecule has 0 amide bonds. The third-order valence-electron chi connectivity index (χ3n) is 5.35. The topological polar surface area (TPSA) is 53.9 Å². The Balaban J connectivity index is 1.48. The van der Waals surface area contributed by atoms with Crippen LogP contribution in [0.1, 0.15) is 48.9 Å². The molecule has 0 aliphatic carbocycles. The third-order valence-corrected chi connectivity index (χ3v) is 6.04. The van der Waals surface area contributed by atoms with Crippen LogP contribution in [0.2, 0.25) is 0 Å². The summed E-state index contributed by atoms with van der Waals surface area (Å²) in [6.45, 7) is 5.24. The maximum absolute atomic E-state index is 4.92. The number of piperidine rings is 1. The minimum absolute atomic E-state index is 0.542. The lowest BCUT2D eigenvalue weighted by Gasteiger charge is -2.34. The van der Waals surface area contributed by atoms with Crippen molar-refractivity contribution in [1.29, 1.82) is 0 Å². The maximum atomic E-state index is 4.92. The van der Waals surface area contributed by atoms with Crippen LogP contribution in [0.25, 0.3) is 0 Å². The summed E-state index contributed by atoms with van der Waals surface area (Å²) in [7, 11) is 0. The molecule has 2 aromatic heterocycles. The summed E-state index contributed by atoms with van der Waals surface area (Å²) >= 11 is 3.56. The zero-order chi connectivity index (χ0) is 17.2. The van der Waals surface area contributed by atoms with Gasteiger partial charge in [0.05, 0.1) is 0 Å². The summed E-state index contributed by atoms with van der Waals surface area (Å²) in [4.78, 5) is 16.1. The Morgan fingerprint density at radius 3 is 2.88 bits per heavy atom. The molecular weight excluding hydrogens is 378 g/mol. The second-order valence-corrected chi connectivity index (χ2v) is 7.61. The highest BCUT2D eigenvalue weighted by Gasteiger charge is 2.25. The Bertz CT molecular complexity index is 755. The molecular formula is C19H24BrN5. The molecule has 2 aliphatic rings. The van der Waals surface area contributed by atoms with Crippen LogP contribution in [0.3, 0.4) is 0 Å². The molecule has 5 nitrogen and oxygen atoms in total. The van der Waals surface area contributed by atoms with E-state index in [-0.39, 0.29) is 0 Å². The van der Waals surface area contributed by atoms with E-state index in [0.29, 0.717) is 5.92 Å².